The fourth-order valence-corrected chi connectivity index (χ4v) is 10.7. The van der Waals surface area contributed by atoms with Crippen molar-refractivity contribution in [3.63, 3.8) is 0 Å². The molecule has 3 N–H and O–H groups in total. The molecule has 7 atom stereocenters. The van der Waals surface area contributed by atoms with Gasteiger partial charge in [0.15, 0.2) is 5.92 Å². The van der Waals surface area contributed by atoms with Crippen LogP contribution in [0.25, 0.3) is 0 Å². The van der Waals surface area contributed by atoms with Crippen LogP contribution in [0.4, 0.5) is 16.2 Å². The summed E-state index contributed by atoms with van der Waals surface area (Å²) in [4.78, 5) is 102. The number of nitro groups is 1. The number of benzene rings is 6. The minimum Gasteiger partial charge on any atom is -0.491 e. The van der Waals surface area contributed by atoms with Crippen molar-refractivity contribution in [2.75, 3.05) is 38.9 Å². The second kappa shape index (κ2) is 23.3. The van der Waals surface area contributed by atoms with Gasteiger partial charge in [0.1, 0.15) is 36.5 Å². The molecule has 6 aromatic carbocycles. The molecule has 3 amide bonds. The fraction of sp³-hybridized carbons (Fsp3) is 0.254. The van der Waals surface area contributed by atoms with Gasteiger partial charge in [-0.1, -0.05) is 115 Å². The number of aliphatic hydroxyl groups excluding tert-OH is 2. The lowest BCUT2D eigenvalue weighted by atomic mass is 9.65. The largest absolute Gasteiger partial charge is 0.491 e. The van der Waals surface area contributed by atoms with Crippen LogP contribution in [0.2, 0.25) is 0 Å². The first-order valence-electron chi connectivity index (χ1n) is 24.8. The third-order valence-electron chi connectivity index (χ3n) is 14.1. The Labute approximate surface area is 447 Å². The van der Waals surface area contributed by atoms with E-state index in [0.717, 1.165) is 19.1 Å². The SMILES string of the molecule is COC(=O)C(CC#Cc1ccc2c(c1)[C@]1(C(=O)N2C(=O)OCc2ccc([N+](=O)[O-])cc2)[C@H](c2cccc(OCCO)c2)N2[C@H](c3ccccc3)[C@H](c3ccccc3)OC(=O)[C@H]2[C@@H]1C(=O)NC[C@H](O)c1ccccc1)C(=O)OC. The van der Waals surface area contributed by atoms with Gasteiger partial charge in [-0.15, -0.1) is 0 Å². The standard InChI is InChI=1S/C59H52N4O15/c1-74-54(67)44(55(68)75-2)23-12-14-36-26-29-46-45(32-36)59(57(70)61(46)58(71)77-35-37-24-27-42(28-25-37)63(72)73)48(53(66)60-34-47(65)38-15-6-3-7-16-38)50-56(69)78-51(40-19-10-5-11-20-40)49(39-17-8-4-9-18-39)62(50)52(59)41-21-13-22-43(33-41)76-31-30-64/h3-11,13,15-22,24-29,32-33,44,47-52,64-65H,23,30-31,34-35H2,1-2H3,(H,60,66)/t47-,48+,49+,50+,51-,52-,59+/m0/s1. The molecule has 19 nitrogen and oxygen atoms in total. The number of cyclic esters (lactones) is 1. The number of non-ortho nitro benzene ring substituents is 1. The summed E-state index contributed by atoms with van der Waals surface area (Å²) in [7, 11) is 2.22. The van der Waals surface area contributed by atoms with Gasteiger partial charge in [0.25, 0.3) is 5.69 Å². The Morgan fingerprint density at radius 3 is 2.08 bits per heavy atom. The molecule has 0 aliphatic carbocycles. The third-order valence-corrected chi connectivity index (χ3v) is 14.1. The molecule has 78 heavy (non-hydrogen) atoms. The second-order valence-corrected chi connectivity index (χ2v) is 18.5. The van der Waals surface area contributed by atoms with Crippen LogP contribution >= 0.6 is 0 Å². The molecule has 0 aromatic heterocycles. The number of amides is 3. The van der Waals surface area contributed by atoms with Gasteiger partial charge in [0.2, 0.25) is 11.8 Å². The second-order valence-electron chi connectivity index (χ2n) is 18.5. The molecular weight excluding hydrogens is 1000 g/mol. The molecule has 3 aliphatic heterocycles. The number of anilines is 1. The molecule has 2 fully saturated rings. The van der Waals surface area contributed by atoms with Crippen LogP contribution in [0, 0.1) is 33.8 Å². The predicted octanol–water partition coefficient (Wildman–Crippen LogP) is 6.52. The van der Waals surface area contributed by atoms with Crippen LogP contribution in [-0.4, -0.2) is 95.9 Å². The first-order valence-corrected chi connectivity index (χ1v) is 24.8. The number of esters is 3. The minimum atomic E-state index is -2.33. The topological polar surface area (TPSA) is 251 Å². The summed E-state index contributed by atoms with van der Waals surface area (Å²) in [5.74, 6) is -1.73. The van der Waals surface area contributed by atoms with E-state index < -0.39 is 101 Å². The number of nitrogens with zero attached hydrogens (tertiary/aromatic N) is 3. The number of nitrogens with one attached hydrogen (secondary N) is 1. The van der Waals surface area contributed by atoms with Gasteiger partial charge in [-0.3, -0.25) is 39.0 Å². The molecule has 0 unspecified atom stereocenters. The molecule has 19 heteroatoms. The van der Waals surface area contributed by atoms with Crippen LogP contribution in [0.15, 0.2) is 158 Å². The molecule has 3 aliphatic rings. The van der Waals surface area contributed by atoms with Crippen molar-refractivity contribution in [2.45, 2.75) is 48.8 Å². The highest BCUT2D eigenvalue weighted by molar-refractivity contribution is 6.23. The van der Waals surface area contributed by atoms with Gasteiger partial charge in [-0.2, -0.15) is 0 Å². The number of morpholine rings is 1. The number of imide groups is 1. The Morgan fingerprint density at radius 1 is 0.795 bits per heavy atom. The van der Waals surface area contributed by atoms with E-state index in [9.17, 15) is 34.7 Å². The number of hydrogen-bond donors (Lipinski definition) is 3. The number of ether oxygens (including phenoxy) is 5. The normalized spacial score (nSPS) is 20.6. The number of fused-ring (bicyclic) bond motifs is 3. The maximum Gasteiger partial charge on any atom is 0.421 e. The molecule has 3 heterocycles. The van der Waals surface area contributed by atoms with Gasteiger partial charge >= 0.3 is 24.0 Å². The molecule has 0 radical (unpaired) electrons. The summed E-state index contributed by atoms with van der Waals surface area (Å²) in [6.07, 6.45) is -3.90. The van der Waals surface area contributed by atoms with Crippen molar-refractivity contribution in [3.8, 4) is 17.6 Å². The quantitative estimate of drug-likeness (QED) is 0.0233. The van der Waals surface area contributed by atoms with E-state index in [0.29, 0.717) is 27.8 Å². The summed E-state index contributed by atoms with van der Waals surface area (Å²) in [5, 5.41) is 35.7. The molecule has 0 saturated carbocycles. The number of hydrogen-bond acceptors (Lipinski definition) is 16. The van der Waals surface area contributed by atoms with Crippen molar-refractivity contribution in [3.05, 3.63) is 207 Å². The number of methoxy groups -OCH3 is 2. The zero-order chi connectivity index (χ0) is 55.1. The maximum atomic E-state index is 16.7. The Bertz CT molecular complexity index is 3280. The third kappa shape index (κ3) is 10.3. The van der Waals surface area contributed by atoms with E-state index >= 15 is 14.4 Å². The van der Waals surface area contributed by atoms with Gasteiger partial charge in [-0.05, 0) is 75.8 Å². The fourth-order valence-electron chi connectivity index (χ4n) is 10.7. The van der Waals surface area contributed by atoms with Crippen LogP contribution in [-0.2, 0) is 54.9 Å². The first-order chi connectivity index (χ1) is 37.8. The highest BCUT2D eigenvalue weighted by atomic mass is 16.6. The summed E-state index contributed by atoms with van der Waals surface area (Å²) in [6, 6.07) is 38.9. The van der Waals surface area contributed by atoms with Crippen molar-refractivity contribution < 1.29 is 67.6 Å². The highest BCUT2D eigenvalue weighted by Crippen LogP contribution is 2.66. The monoisotopic (exact) mass is 1060 g/mol. The van der Waals surface area contributed by atoms with E-state index in [4.69, 9.17) is 23.7 Å². The average molecular weight is 1060 g/mol. The number of carbonyl (C=O) groups excluding carboxylic acids is 6. The van der Waals surface area contributed by atoms with Crippen LogP contribution in [0.3, 0.4) is 0 Å². The summed E-state index contributed by atoms with van der Waals surface area (Å²) < 4.78 is 28.1. The lowest BCUT2D eigenvalue weighted by Crippen LogP contribution is -2.56. The zero-order valence-corrected chi connectivity index (χ0v) is 42.1. The van der Waals surface area contributed by atoms with E-state index in [-0.39, 0.29) is 47.9 Å². The zero-order valence-electron chi connectivity index (χ0n) is 42.1. The number of nitro benzene ring substituents is 1. The van der Waals surface area contributed by atoms with Crippen molar-refractivity contribution in [1.29, 1.82) is 0 Å². The van der Waals surface area contributed by atoms with Gasteiger partial charge in [0.05, 0.1) is 55.5 Å². The van der Waals surface area contributed by atoms with E-state index in [1.54, 1.807) is 102 Å². The van der Waals surface area contributed by atoms with E-state index in [1.165, 1.54) is 42.5 Å². The van der Waals surface area contributed by atoms with Gasteiger partial charge in [0, 0.05) is 30.7 Å². The molecule has 6 aromatic rings. The average Bonchev–Trinajstić information content (AvgIpc) is 4.14. The highest BCUT2D eigenvalue weighted by Gasteiger charge is 2.76. The number of carbonyl (C=O) groups is 6. The molecular formula is C59H52N4O15. The van der Waals surface area contributed by atoms with Gasteiger partial charge in [-0.25, -0.2) is 9.69 Å². The minimum absolute atomic E-state index is 0.0322. The molecule has 0 bridgehead atoms. The van der Waals surface area contributed by atoms with Crippen molar-refractivity contribution >= 4 is 47.2 Å². The Hall–Kier alpha value is -9.22. The van der Waals surface area contributed by atoms with Gasteiger partial charge < -0.3 is 39.2 Å². The lowest BCUT2D eigenvalue weighted by molar-refractivity contribution is -0.384. The number of rotatable bonds is 16. The summed E-state index contributed by atoms with van der Waals surface area (Å²) in [6.45, 7) is -1.33. The van der Waals surface area contributed by atoms with Crippen molar-refractivity contribution in [1.82, 2.24) is 10.2 Å². The number of aliphatic hydroxyl groups is 2. The summed E-state index contributed by atoms with van der Waals surface area (Å²) >= 11 is 0. The van der Waals surface area contributed by atoms with Crippen LogP contribution in [0.5, 0.6) is 5.75 Å². The maximum absolute atomic E-state index is 16.7. The first kappa shape index (κ1) is 53.6. The molecule has 398 valence electrons. The smallest absolute Gasteiger partial charge is 0.421 e. The molecule has 9 rings (SSSR count). The Kier molecular flexibility index (Phi) is 16.0. The Morgan fingerprint density at radius 2 is 1.44 bits per heavy atom. The Balaban J connectivity index is 1.31. The lowest BCUT2D eigenvalue weighted by Gasteiger charge is -2.46. The summed E-state index contributed by atoms with van der Waals surface area (Å²) in [5.41, 5.74) is -0.0765. The molecule has 2 saturated heterocycles. The van der Waals surface area contributed by atoms with Crippen molar-refractivity contribution in [2.24, 2.45) is 11.8 Å². The molecule has 1 spiro atoms. The van der Waals surface area contributed by atoms with Crippen LogP contribution in [0.1, 0.15) is 69.7 Å². The van der Waals surface area contributed by atoms with Crippen LogP contribution < -0.4 is 15.0 Å². The predicted molar refractivity (Wildman–Crippen MR) is 278 cm³/mol. The van der Waals surface area contributed by atoms with E-state index in [2.05, 4.69) is 17.2 Å². The van der Waals surface area contributed by atoms with E-state index in [1.807, 2.05) is 18.2 Å².